The molecule has 0 saturated carbocycles. The van der Waals surface area contributed by atoms with Gasteiger partial charge in [-0.2, -0.15) is 0 Å². The molecule has 0 aliphatic carbocycles. The number of carbonyl (C=O) groups is 1. The largest absolute Gasteiger partial charge is 0.274 e. The number of rotatable bonds is 4. The normalized spacial score (nSPS) is 11.2. The summed E-state index contributed by atoms with van der Waals surface area (Å²) in [6.07, 6.45) is 0. The Morgan fingerprint density at radius 1 is 1.16 bits per heavy atom. The van der Waals surface area contributed by atoms with Gasteiger partial charge >= 0.3 is 0 Å². The van der Waals surface area contributed by atoms with E-state index in [1.807, 2.05) is 13.0 Å². The quantitative estimate of drug-likeness (QED) is 0.941. The zero-order chi connectivity index (χ0) is 13.9. The molecule has 0 fully saturated rings. The van der Waals surface area contributed by atoms with Crippen molar-refractivity contribution in [3.05, 3.63) is 57.8 Å². The fourth-order valence-electron chi connectivity index (χ4n) is 1.58. The molecule has 1 heterocycles. The van der Waals surface area contributed by atoms with Crippen LogP contribution < -0.4 is 4.72 Å². The monoisotopic (exact) mass is 295 g/mol. The van der Waals surface area contributed by atoms with Crippen LogP contribution in [-0.4, -0.2) is 14.3 Å². The Labute approximate surface area is 116 Å². The molecule has 4 nitrogen and oxygen atoms in total. The number of carbonyl (C=O) groups excluding carboxylic acids is 1. The third kappa shape index (κ3) is 3.90. The van der Waals surface area contributed by atoms with Crippen LogP contribution in [0.4, 0.5) is 0 Å². The summed E-state index contributed by atoms with van der Waals surface area (Å²) >= 11 is 1.27. The van der Waals surface area contributed by atoms with Crippen LogP contribution in [0, 0.1) is 6.92 Å². The molecular weight excluding hydrogens is 282 g/mol. The standard InChI is InChI=1S/C13H13NO3S2/c1-10-7-8-12(18-10)13(15)14-19(16,17)9-11-5-3-2-4-6-11/h2-8H,9H2,1H3,(H,14,15). The first-order valence-corrected chi connectivity index (χ1v) is 8.08. The van der Waals surface area contributed by atoms with Crippen molar-refractivity contribution in [2.24, 2.45) is 0 Å². The van der Waals surface area contributed by atoms with E-state index < -0.39 is 15.9 Å². The molecule has 0 spiro atoms. The first kappa shape index (κ1) is 13.8. The van der Waals surface area contributed by atoms with Gasteiger partial charge in [-0.25, -0.2) is 13.1 Å². The fourth-order valence-corrected chi connectivity index (χ4v) is 3.50. The summed E-state index contributed by atoms with van der Waals surface area (Å²) in [5.74, 6) is -0.779. The average molecular weight is 295 g/mol. The highest BCUT2D eigenvalue weighted by atomic mass is 32.2. The Morgan fingerprint density at radius 2 is 1.84 bits per heavy atom. The van der Waals surface area contributed by atoms with Gasteiger partial charge in [0, 0.05) is 4.88 Å². The van der Waals surface area contributed by atoms with E-state index in [1.54, 1.807) is 36.4 Å². The van der Waals surface area contributed by atoms with Crippen molar-refractivity contribution in [1.82, 2.24) is 4.72 Å². The molecule has 1 amide bonds. The van der Waals surface area contributed by atoms with Gasteiger partial charge in [-0.1, -0.05) is 30.3 Å². The highest BCUT2D eigenvalue weighted by molar-refractivity contribution is 7.89. The van der Waals surface area contributed by atoms with Gasteiger partial charge < -0.3 is 0 Å². The van der Waals surface area contributed by atoms with Crippen molar-refractivity contribution >= 4 is 27.3 Å². The van der Waals surface area contributed by atoms with Gasteiger partial charge in [0.2, 0.25) is 10.0 Å². The maximum Gasteiger partial charge on any atom is 0.274 e. The number of benzene rings is 1. The van der Waals surface area contributed by atoms with Crippen LogP contribution in [0.25, 0.3) is 0 Å². The second-order valence-corrected chi connectivity index (χ2v) is 7.10. The summed E-state index contributed by atoms with van der Waals surface area (Å²) in [5.41, 5.74) is 0.644. The number of hydrogen-bond acceptors (Lipinski definition) is 4. The van der Waals surface area contributed by atoms with E-state index in [2.05, 4.69) is 4.72 Å². The predicted octanol–water partition coefficient (Wildman–Crippen LogP) is 2.32. The average Bonchev–Trinajstić information content (AvgIpc) is 2.76. The van der Waals surface area contributed by atoms with Gasteiger partial charge in [-0.15, -0.1) is 11.3 Å². The fraction of sp³-hybridized carbons (Fsp3) is 0.154. The molecule has 1 aromatic heterocycles. The Balaban J connectivity index is 2.07. The lowest BCUT2D eigenvalue weighted by atomic mass is 10.2. The molecule has 100 valence electrons. The number of amides is 1. The van der Waals surface area contributed by atoms with Crippen LogP contribution in [0.5, 0.6) is 0 Å². The van der Waals surface area contributed by atoms with Crippen molar-refractivity contribution in [3.8, 4) is 0 Å². The summed E-state index contributed by atoms with van der Waals surface area (Å²) in [5, 5.41) is 0. The second kappa shape index (κ2) is 5.54. The van der Waals surface area contributed by atoms with E-state index in [0.29, 0.717) is 10.4 Å². The van der Waals surface area contributed by atoms with Gasteiger partial charge in [0.1, 0.15) is 0 Å². The number of hydrogen-bond donors (Lipinski definition) is 1. The highest BCUT2D eigenvalue weighted by Gasteiger charge is 2.17. The second-order valence-electron chi connectivity index (χ2n) is 4.09. The molecule has 0 saturated heterocycles. The van der Waals surface area contributed by atoms with Crippen molar-refractivity contribution in [2.75, 3.05) is 0 Å². The Hall–Kier alpha value is -1.66. The van der Waals surface area contributed by atoms with Crippen LogP contribution in [0.2, 0.25) is 0 Å². The zero-order valence-electron chi connectivity index (χ0n) is 10.3. The predicted molar refractivity (Wildman–Crippen MR) is 75.6 cm³/mol. The van der Waals surface area contributed by atoms with Gasteiger partial charge in [0.25, 0.3) is 5.91 Å². The molecule has 0 atom stereocenters. The molecular formula is C13H13NO3S2. The minimum atomic E-state index is -3.67. The van der Waals surface area contributed by atoms with Gasteiger partial charge in [-0.3, -0.25) is 4.79 Å². The minimum absolute atomic E-state index is 0.204. The first-order valence-electron chi connectivity index (χ1n) is 5.61. The number of sulfonamides is 1. The topological polar surface area (TPSA) is 63.2 Å². The van der Waals surface area contributed by atoms with E-state index in [4.69, 9.17) is 0 Å². The highest BCUT2D eigenvalue weighted by Crippen LogP contribution is 2.15. The lowest BCUT2D eigenvalue weighted by molar-refractivity contribution is 0.0985. The molecule has 1 aromatic carbocycles. The Kier molecular flexibility index (Phi) is 4.01. The maximum atomic E-state index is 11.9. The molecule has 2 aromatic rings. The van der Waals surface area contributed by atoms with E-state index in [1.165, 1.54) is 11.3 Å². The van der Waals surface area contributed by atoms with Crippen molar-refractivity contribution in [3.63, 3.8) is 0 Å². The molecule has 0 aliphatic heterocycles. The van der Waals surface area contributed by atoms with Crippen LogP contribution in [0.3, 0.4) is 0 Å². The lowest BCUT2D eigenvalue weighted by Crippen LogP contribution is -2.31. The summed E-state index contributed by atoms with van der Waals surface area (Å²) < 4.78 is 25.8. The zero-order valence-corrected chi connectivity index (χ0v) is 11.9. The molecule has 0 unspecified atom stereocenters. The molecule has 0 aliphatic rings. The molecule has 0 bridgehead atoms. The molecule has 1 N–H and O–H groups in total. The lowest BCUT2D eigenvalue weighted by Gasteiger charge is -2.05. The van der Waals surface area contributed by atoms with Crippen LogP contribution in [-0.2, 0) is 15.8 Å². The minimum Gasteiger partial charge on any atom is -0.267 e. The van der Waals surface area contributed by atoms with Crippen molar-refractivity contribution in [2.45, 2.75) is 12.7 Å². The molecule has 0 radical (unpaired) electrons. The smallest absolute Gasteiger partial charge is 0.267 e. The SMILES string of the molecule is Cc1ccc(C(=O)NS(=O)(=O)Cc2ccccc2)s1. The summed E-state index contributed by atoms with van der Waals surface area (Å²) in [7, 11) is -3.67. The summed E-state index contributed by atoms with van der Waals surface area (Å²) in [6, 6.07) is 12.1. The molecule has 6 heteroatoms. The van der Waals surface area contributed by atoms with Gasteiger partial charge in [-0.05, 0) is 24.6 Å². The Morgan fingerprint density at radius 3 is 2.42 bits per heavy atom. The van der Waals surface area contributed by atoms with Crippen molar-refractivity contribution in [1.29, 1.82) is 0 Å². The van der Waals surface area contributed by atoms with Crippen LogP contribution >= 0.6 is 11.3 Å². The van der Waals surface area contributed by atoms with Gasteiger partial charge in [0.05, 0.1) is 10.6 Å². The van der Waals surface area contributed by atoms with Crippen molar-refractivity contribution < 1.29 is 13.2 Å². The molecule has 2 rings (SSSR count). The number of aryl methyl sites for hydroxylation is 1. The van der Waals surface area contributed by atoms with Crippen LogP contribution in [0.1, 0.15) is 20.1 Å². The van der Waals surface area contributed by atoms with E-state index in [9.17, 15) is 13.2 Å². The molecule has 19 heavy (non-hydrogen) atoms. The Bertz CT molecular complexity index is 675. The number of thiophene rings is 1. The first-order chi connectivity index (χ1) is 8.96. The third-order valence-corrected chi connectivity index (χ3v) is 4.62. The number of nitrogens with one attached hydrogen (secondary N) is 1. The van der Waals surface area contributed by atoms with Crippen LogP contribution in [0.15, 0.2) is 42.5 Å². The summed E-state index contributed by atoms with van der Waals surface area (Å²) in [6.45, 7) is 1.86. The maximum absolute atomic E-state index is 11.9. The van der Waals surface area contributed by atoms with E-state index >= 15 is 0 Å². The van der Waals surface area contributed by atoms with Gasteiger partial charge in [0.15, 0.2) is 0 Å². The third-order valence-electron chi connectivity index (χ3n) is 2.41. The van der Waals surface area contributed by atoms with E-state index in [-0.39, 0.29) is 5.75 Å². The van der Waals surface area contributed by atoms with E-state index in [0.717, 1.165) is 4.88 Å². The summed E-state index contributed by atoms with van der Waals surface area (Å²) in [4.78, 5) is 13.1.